The average molecular weight is 211 g/mol. The molecule has 5 nitrogen and oxygen atoms in total. The van der Waals surface area contributed by atoms with Crippen LogP contribution in [-0.2, 0) is 9.59 Å². The third kappa shape index (κ3) is 2.12. The topological polar surface area (TPSA) is 52.7 Å². The van der Waals surface area contributed by atoms with Crippen LogP contribution in [0.5, 0.6) is 0 Å². The Kier molecular flexibility index (Phi) is 3.20. The number of piperazine rings is 1. The molecule has 0 spiro atoms. The predicted octanol–water partition coefficient (Wildman–Crippen LogP) is -0.961. The van der Waals surface area contributed by atoms with Crippen molar-refractivity contribution in [1.82, 2.24) is 15.1 Å². The maximum absolute atomic E-state index is 12.1. The summed E-state index contributed by atoms with van der Waals surface area (Å²) in [7, 11) is 0. The lowest BCUT2D eigenvalue weighted by Gasteiger charge is -2.34. The van der Waals surface area contributed by atoms with E-state index in [0.29, 0.717) is 13.1 Å². The number of amides is 2. The van der Waals surface area contributed by atoms with Gasteiger partial charge in [0.05, 0.1) is 0 Å². The van der Waals surface area contributed by atoms with E-state index in [2.05, 4.69) is 5.32 Å². The van der Waals surface area contributed by atoms with Crippen molar-refractivity contribution < 1.29 is 9.59 Å². The number of hydrogen-bond acceptors (Lipinski definition) is 3. The second-order valence-corrected chi connectivity index (χ2v) is 4.10. The van der Waals surface area contributed by atoms with Crippen LogP contribution in [0.15, 0.2) is 0 Å². The van der Waals surface area contributed by atoms with Gasteiger partial charge in [0, 0.05) is 32.7 Å². The van der Waals surface area contributed by atoms with Gasteiger partial charge in [-0.1, -0.05) is 0 Å². The molecule has 0 aliphatic carbocycles. The van der Waals surface area contributed by atoms with Crippen molar-refractivity contribution in [1.29, 1.82) is 0 Å². The molecule has 0 aromatic rings. The van der Waals surface area contributed by atoms with Gasteiger partial charge >= 0.3 is 0 Å². The van der Waals surface area contributed by atoms with Gasteiger partial charge in [-0.15, -0.1) is 0 Å². The SMILES string of the molecule is O=CN1CCNCC1C(=O)N1CCCC1. The lowest BCUT2D eigenvalue weighted by atomic mass is 10.2. The first-order valence-electron chi connectivity index (χ1n) is 5.53. The molecule has 2 saturated heterocycles. The summed E-state index contributed by atoms with van der Waals surface area (Å²) in [6.45, 7) is 3.70. The van der Waals surface area contributed by atoms with Crippen LogP contribution in [-0.4, -0.2) is 60.9 Å². The summed E-state index contributed by atoms with van der Waals surface area (Å²) < 4.78 is 0. The van der Waals surface area contributed by atoms with Crippen LogP contribution < -0.4 is 5.32 Å². The molecule has 84 valence electrons. The standard InChI is InChI=1S/C10H17N3O2/c14-8-13-6-3-11-7-9(13)10(15)12-4-1-2-5-12/h8-9,11H,1-7H2. The van der Waals surface area contributed by atoms with Crippen LogP contribution >= 0.6 is 0 Å². The summed E-state index contributed by atoms with van der Waals surface area (Å²) in [5, 5.41) is 3.16. The molecule has 0 aromatic carbocycles. The zero-order valence-electron chi connectivity index (χ0n) is 8.82. The van der Waals surface area contributed by atoms with E-state index in [9.17, 15) is 9.59 Å². The summed E-state index contributed by atoms with van der Waals surface area (Å²) in [6.07, 6.45) is 2.97. The van der Waals surface area contributed by atoms with Crippen LogP contribution in [0, 0.1) is 0 Å². The molecule has 0 aromatic heterocycles. The first-order valence-corrected chi connectivity index (χ1v) is 5.53. The molecular formula is C10H17N3O2. The smallest absolute Gasteiger partial charge is 0.246 e. The number of carbonyl (C=O) groups excluding carboxylic acids is 2. The minimum absolute atomic E-state index is 0.104. The zero-order valence-corrected chi connectivity index (χ0v) is 8.82. The Morgan fingerprint density at radius 1 is 1.27 bits per heavy atom. The molecule has 1 unspecified atom stereocenters. The number of likely N-dealkylation sites (tertiary alicyclic amines) is 1. The van der Waals surface area contributed by atoms with Crippen molar-refractivity contribution in [3.63, 3.8) is 0 Å². The van der Waals surface area contributed by atoms with Crippen LogP contribution in [0.2, 0.25) is 0 Å². The molecule has 2 rings (SSSR count). The zero-order chi connectivity index (χ0) is 10.7. The fourth-order valence-corrected chi connectivity index (χ4v) is 2.22. The highest BCUT2D eigenvalue weighted by Crippen LogP contribution is 2.12. The summed E-state index contributed by atoms with van der Waals surface area (Å²) in [5.74, 6) is 0.104. The molecule has 0 saturated carbocycles. The summed E-state index contributed by atoms with van der Waals surface area (Å²) in [6, 6.07) is -0.283. The largest absolute Gasteiger partial charge is 0.341 e. The number of carbonyl (C=O) groups is 2. The predicted molar refractivity (Wildman–Crippen MR) is 55.2 cm³/mol. The van der Waals surface area contributed by atoms with Gasteiger partial charge < -0.3 is 15.1 Å². The molecule has 2 aliphatic rings. The number of nitrogens with zero attached hydrogens (tertiary/aromatic N) is 2. The molecular weight excluding hydrogens is 194 g/mol. The summed E-state index contributed by atoms with van der Waals surface area (Å²) >= 11 is 0. The van der Waals surface area contributed by atoms with Crippen LogP contribution in [0.25, 0.3) is 0 Å². The molecule has 2 aliphatic heterocycles. The van der Waals surface area contributed by atoms with Crippen LogP contribution in [0.1, 0.15) is 12.8 Å². The quantitative estimate of drug-likeness (QED) is 0.598. The second kappa shape index (κ2) is 4.61. The monoisotopic (exact) mass is 211 g/mol. The Morgan fingerprint density at radius 2 is 2.00 bits per heavy atom. The molecule has 2 amide bonds. The molecule has 0 radical (unpaired) electrons. The van der Waals surface area contributed by atoms with E-state index in [1.54, 1.807) is 4.90 Å². The van der Waals surface area contributed by atoms with Crippen LogP contribution in [0.4, 0.5) is 0 Å². The highest BCUT2D eigenvalue weighted by Gasteiger charge is 2.31. The second-order valence-electron chi connectivity index (χ2n) is 4.10. The Bertz CT molecular complexity index is 251. The molecule has 5 heteroatoms. The maximum Gasteiger partial charge on any atom is 0.246 e. The molecule has 0 bridgehead atoms. The maximum atomic E-state index is 12.1. The lowest BCUT2D eigenvalue weighted by molar-refractivity contribution is -0.140. The minimum Gasteiger partial charge on any atom is -0.341 e. The van der Waals surface area contributed by atoms with E-state index in [4.69, 9.17) is 0 Å². The van der Waals surface area contributed by atoms with Crippen molar-refractivity contribution in [2.75, 3.05) is 32.7 Å². The van der Waals surface area contributed by atoms with E-state index in [1.165, 1.54) is 0 Å². The molecule has 15 heavy (non-hydrogen) atoms. The van der Waals surface area contributed by atoms with Crippen molar-refractivity contribution in [3.8, 4) is 0 Å². The van der Waals surface area contributed by atoms with E-state index in [-0.39, 0.29) is 11.9 Å². The van der Waals surface area contributed by atoms with Crippen molar-refractivity contribution in [2.24, 2.45) is 0 Å². The van der Waals surface area contributed by atoms with Crippen molar-refractivity contribution in [2.45, 2.75) is 18.9 Å². The summed E-state index contributed by atoms with van der Waals surface area (Å²) in [5.41, 5.74) is 0. The summed E-state index contributed by atoms with van der Waals surface area (Å²) in [4.78, 5) is 26.3. The van der Waals surface area contributed by atoms with Crippen molar-refractivity contribution >= 4 is 12.3 Å². The molecule has 2 fully saturated rings. The van der Waals surface area contributed by atoms with Crippen molar-refractivity contribution in [3.05, 3.63) is 0 Å². The Balaban J connectivity index is 1.99. The third-order valence-corrected chi connectivity index (χ3v) is 3.12. The third-order valence-electron chi connectivity index (χ3n) is 3.12. The number of hydrogen-bond donors (Lipinski definition) is 1. The lowest BCUT2D eigenvalue weighted by Crippen LogP contribution is -2.57. The Hall–Kier alpha value is -1.10. The van der Waals surface area contributed by atoms with Gasteiger partial charge in [-0.3, -0.25) is 9.59 Å². The van der Waals surface area contributed by atoms with E-state index < -0.39 is 0 Å². The van der Waals surface area contributed by atoms with E-state index in [0.717, 1.165) is 38.9 Å². The van der Waals surface area contributed by atoms with Gasteiger partial charge in [-0.05, 0) is 12.8 Å². The fraction of sp³-hybridized carbons (Fsp3) is 0.800. The Labute approximate surface area is 89.4 Å². The fourth-order valence-electron chi connectivity index (χ4n) is 2.22. The number of rotatable bonds is 2. The van der Waals surface area contributed by atoms with Gasteiger partial charge in [0.25, 0.3) is 0 Å². The molecule has 2 heterocycles. The minimum atomic E-state index is -0.283. The first kappa shape index (κ1) is 10.4. The highest BCUT2D eigenvalue weighted by molar-refractivity contribution is 5.84. The molecule has 1 atom stereocenters. The normalized spacial score (nSPS) is 26.8. The highest BCUT2D eigenvalue weighted by atomic mass is 16.2. The first-order chi connectivity index (χ1) is 7.33. The van der Waals surface area contributed by atoms with Gasteiger partial charge in [-0.2, -0.15) is 0 Å². The Morgan fingerprint density at radius 3 is 2.67 bits per heavy atom. The van der Waals surface area contributed by atoms with Gasteiger partial charge in [0.2, 0.25) is 12.3 Å². The van der Waals surface area contributed by atoms with E-state index >= 15 is 0 Å². The van der Waals surface area contributed by atoms with Crippen LogP contribution in [0.3, 0.4) is 0 Å². The van der Waals surface area contributed by atoms with E-state index in [1.807, 2.05) is 4.90 Å². The average Bonchev–Trinajstić information content (AvgIpc) is 2.81. The molecule has 1 N–H and O–H groups in total. The van der Waals surface area contributed by atoms with Gasteiger partial charge in [-0.25, -0.2) is 0 Å². The van der Waals surface area contributed by atoms with Gasteiger partial charge in [0.1, 0.15) is 6.04 Å². The van der Waals surface area contributed by atoms with Gasteiger partial charge in [0.15, 0.2) is 0 Å². The number of nitrogens with one attached hydrogen (secondary N) is 1.